The van der Waals surface area contributed by atoms with Crippen molar-refractivity contribution in [2.45, 2.75) is 12.8 Å². The molecule has 4 rings (SSSR count). The minimum Gasteiger partial charge on any atom is -0.463 e. The van der Waals surface area contributed by atoms with Gasteiger partial charge in [0.05, 0.1) is 26.6 Å². The summed E-state index contributed by atoms with van der Waals surface area (Å²) in [5.74, 6) is 0. The van der Waals surface area contributed by atoms with Crippen LogP contribution in [0.5, 0.6) is 5.19 Å². The van der Waals surface area contributed by atoms with Gasteiger partial charge in [-0.1, -0.05) is 47.2 Å². The zero-order valence-corrected chi connectivity index (χ0v) is 15.1. The van der Waals surface area contributed by atoms with E-state index in [1.165, 1.54) is 11.3 Å². The first-order chi connectivity index (χ1) is 12.9. The lowest BCUT2D eigenvalue weighted by Gasteiger charge is -2.09. The van der Waals surface area contributed by atoms with Crippen LogP contribution >= 0.6 is 22.9 Å². The summed E-state index contributed by atoms with van der Waals surface area (Å²) in [5.41, 5.74) is 0.325. The molecule has 2 aromatic carbocycles. The van der Waals surface area contributed by atoms with Gasteiger partial charge in [-0.25, -0.2) is 9.67 Å². The van der Waals surface area contributed by atoms with E-state index in [1.807, 2.05) is 24.3 Å². The minimum atomic E-state index is -4.57. The number of nitrogens with zero attached hydrogens (tertiary/aromatic N) is 3. The molecule has 0 aliphatic heterocycles. The second-order valence-corrected chi connectivity index (χ2v) is 7.02. The van der Waals surface area contributed by atoms with Gasteiger partial charge in [-0.05, 0) is 30.3 Å². The van der Waals surface area contributed by atoms with Gasteiger partial charge in [0.25, 0.3) is 5.19 Å². The number of halogens is 4. The fourth-order valence-electron chi connectivity index (χ4n) is 2.54. The highest BCUT2D eigenvalue weighted by atomic mass is 35.5. The molecule has 0 atom stereocenters. The summed E-state index contributed by atoms with van der Waals surface area (Å²) in [4.78, 5) is 4.32. The van der Waals surface area contributed by atoms with Gasteiger partial charge in [-0.3, -0.25) is 0 Å². The minimum absolute atomic E-state index is 0.131. The molecule has 0 aliphatic rings. The predicted molar refractivity (Wildman–Crippen MR) is 97.5 cm³/mol. The molecule has 27 heavy (non-hydrogen) atoms. The van der Waals surface area contributed by atoms with Crippen LogP contribution in [0.2, 0.25) is 5.02 Å². The van der Waals surface area contributed by atoms with Crippen molar-refractivity contribution in [2.24, 2.45) is 0 Å². The Labute approximate surface area is 160 Å². The second kappa shape index (κ2) is 6.86. The largest absolute Gasteiger partial charge is 0.463 e. The fraction of sp³-hybridized carbons (Fsp3) is 0.111. The first kappa shape index (κ1) is 17.8. The summed E-state index contributed by atoms with van der Waals surface area (Å²) in [6, 6.07) is 15.0. The van der Waals surface area contributed by atoms with Crippen LogP contribution in [0.25, 0.3) is 15.9 Å². The van der Waals surface area contributed by atoms with Crippen LogP contribution in [-0.2, 0) is 12.8 Å². The average Bonchev–Trinajstić information content (AvgIpc) is 3.24. The highest BCUT2D eigenvalue weighted by Gasteiger charge is 2.35. The van der Waals surface area contributed by atoms with Crippen LogP contribution in [0.4, 0.5) is 13.2 Å². The summed E-state index contributed by atoms with van der Waals surface area (Å²) in [6.45, 7) is -0.131. The van der Waals surface area contributed by atoms with Gasteiger partial charge in [-0.2, -0.15) is 18.3 Å². The number of alkyl halides is 3. The maximum absolute atomic E-state index is 13.1. The van der Waals surface area contributed by atoms with E-state index in [9.17, 15) is 13.2 Å². The molecule has 4 nitrogen and oxygen atoms in total. The molecule has 0 aliphatic carbocycles. The Hall–Kier alpha value is -2.58. The lowest BCUT2D eigenvalue weighted by molar-refractivity contribution is -0.141. The van der Waals surface area contributed by atoms with Crippen molar-refractivity contribution in [1.29, 1.82) is 0 Å². The molecule has 0 amide bonds. The van der Waals surface area contributed by atoms with Crippen LogP contribution < -0.4 is 4.74 Å². The van der Waals surface area contributed by atoms with Crippen molar-refractivity contribution in [2.75, 3.05) is 0 Å². The molecule has 0 bridgehead atoms. The molecule has 2 aromatic heterocycles. The molecule has 0 saturated heterocycles. The van der Waals surface area contributed by atoms with Gasteiger partial charge in [0.15, 0.2) is 5.69 Å². The van der Waals surface area contributed by atoms with E-state index >= 15 is 0 Å². The van der Waals surface area contributed by atoms with Crippen LogP contribution in [0.15, 0.2) is 54.6 Å². The van der Waals surface area contributed by atoms with E-state index in [1.54, 1.807) is 24.3 Å². The van der Waals surface area contributed by atoms with E-state index in [2.05, 4.69) is 10.1 Å². The Morgan fingerprint density at radius 1 is 1.07 bits per heavy atom. The molecule has 0 radical (unpaired) electrons. The number of rotatable bonds is 4. The SMILES string of the molecule is FC(F)(F)c1cc(COc2nc3ccccc3s2)n(-c2ccccc2Cl)n1. The van der Waals surface area contributed by atoms with Gasteiger partial charge >= 0.3 is 6.18 Å². The Morgan fingerprint density at radius 3 is 2.56 bits per heavy atom. The molecule has 0 unspecified atom stereocenters. The molecule has 9 heteroatoms. The molecule has 138 valence electrons. The number of para-hydroxylation sites is 2. The van der Waals surface area contributed by atoms with Crippen molar-refractivity contribution in [3.05, 3.63) is 71.0 Å². The molecule has 4 aromatic rings. The summed E-state index contributed by atoms with van der Waals surface area (Å²) in [5, 5.41) is 4.34. The molecule has 0 fully saturated rings. The van der Waals surface area contributed by atoms with E-state index in [-0.39, 0.29) is 17.3 Å². The second-order valence-electron chi connectivity index (χ2n) is 5.62. The van der Waals surface area contributed by atoms with Crippen LogP contribution in [0, 0.1) is 0 Å². The maximum Gasteiger partial charge on any atom is 0.435 e. The summed E-state index contributed by atoms with van der Waals surface area (Å²) in [7, 11) is 0. The number of hydrogen-bond acceptors (Lipinski definition) is 4. The summed E-state index contributed by atoms with van der Waals surface area (Å²) < 4.78 is 47.1. The van der Waals surface area contributed by atoms with Crippen molar-refractivity contribution in [3.8, 4) is 10.9 Å². The number of fused-ring (bicyclic) bond motifs is 1. The number of benzene rings is 2. The van der Waals surface area contributed by atoms with Gasteiger partial charge in [-0.15, -0.1) is 0 Å². The summed E-state index contributed by atoms with van der Waals surface area (Å²) >= 11 is 7.45. The molecule has 0 saturated carbocycles. The Morgan fingerprint density at radius 2 is 1.81 bits per heavy atom. The van der Waals surface area contributed by atoms with E-state index in [0.29, 0.717) is 10.9 Å². The van der Waals surface area contributed by atoms with Crippen molar-refractivity contribution < 1.29 is 17.9 Å². The lowest BCUT2D eigenvalue weighted by atomic mass is 10.3. The summed E-state index contributed by atoms with van der Waals surface area (Å²) in [6.07, 6.45) is -4.57. The van der Waals surface area contributed by atoms with Gasteiger partial charge in [0.2, 0.25) is 0 Å². The highest BCUT2D eigenvalue weighted by molar-refractivity contribution is 7.20. The fourth-order valence-corrected chi connectivity index (χ4v) is 3.57. The lowest BCUT2D eigenvalue weighted by Crippen LogP contribution is -2.08. The van der Waals surface area contributed by atoms with Crippen LogP contribution in [-0.4, -0.2) is 14.8 Å². The third-order valence-electron chi connectivity index (χ3n) is 3.77. The Kier molecular flexibility index (Phi) is 4.53. The van der Waals surface area contributed by atoms with Gasteiger partial charge in [0, 0.05) is 0 Å². The number of thiazole rings is 1. The first-order valence-corrected chi connectivity index (χ1v) is 9.01. The molecular formula is C18H11ClF3N3OS. The quantitative estimate of drug-likeness (QED) is 0.432. The van der Waals surface area contributed by atoms with E-state index in [4.69, 9.17) is 16.3 Å². The van der Waals surface area contributed by atoms with Gasteiger partial charge < -0.3 is 4.74 Å². The molecule has 0 N–H and O–H groups in total. The van der Waals surface area contributed by atoms with Crippen LogP contribution in [0.3, 0.4) is 0 Å². The zero-order valence-electron chi connectivity index (χ0n) is 13.6. The normalized spacial score (nSPS) is 11.9. The monoisotopic (exact) mass is 409 g/mol. The maximum atomic E-state index is 13.1. The number of ether oxygens (including phenoxy) is 1. The highest BCUT2D eigenvalue weighted by Crippen LogP contribution is 2.32. The first-order valence-electron chi connectivity index (χ1n) is 7.81. The molecular weight excluding hydrogens is 399 g/mol. The van der Waals surface area contributed by atoms with E-state index in [0.717, 1.165) is 21.0 Å². The molecule has 0 spiro atoms. The van der Waals surface area contributed by atoms with Crippen molar-refractivity contribution >= 4 is 33.2 Å². The van der Waals surface area contributed by atoms with Crippen molar-refractivity contribution in [3.63, 3.8) is 0 Å². The zero-order chi connectivity index (χ0) is 19.0. The molecule has 2 heterocycles. The third kappa shape index (κ3) is 3.63. The standard InChI is InChI=1S/C18H11ClF3N3OS/c19-12-5-1-3-7-14(12)25-11(9-16(24-25)18(20,21)22)10-26-17-23-13-6-2-4-8-15(13)27-17/h1-9H,10H2. The van der Waals surface area contributed by atoms with E-state index < -0.39 is 11.9 Å². The van der Waals surface area contributed by atoms with Crippen molar-refractivity contribution in [1.82, 2.24) is 14.8 Å². The smallest absolute Gasteiger partial charge is 0.435 e. The Bertz CT molecular complexity index is 1070. The number of aromatic nitrogens is 3. The van der Waals surface area contributed by atoms with Gasteiger partial charge in [0.1, 0.15) is 6.61 Å². The third-order valence-corrected chi connectivity index (χ3v) is 5.04. The topological polar surface area (TPSA) is 39.9 Å². The average molecular weight is 410 g/mol. The Balaban J connectivity index is 1.68. The van der Waals surface area contributed by atoms with Crippen LogP contribution in [0.1, 0.15) is 11.4 Å². The number of hydrogen-bond donors (Lipinski definition) is 0. The predicted octanol–water partition coefficient (Wildman–Crippen LogP) is 5.73.